The predicted molar refractivity (Wildman–Crippen MR) is 91.4 cm³/mol. The molecule has 11 nitrogen and oxygen atoms in total. The monoisotopic (exact) mass is 373 g/mol. The summed E-state index contributed by atoms with van der Waals surface area (Å²) in [5.74, 6) is 0.904. The van der Waals surface area contributed by atoms with Crippen molar-refractivity contribution in [1.82, 2.24) is 34.6 Å². The average molecular weight is 373 g/mol. The maximum Gasteiger partial charge on any atom is 0.286 e. The third kappa shape index (κ3) is 3.33. The minimum atomic E-state index is -0.468. The number of likely N-dealkylation sites (tertiary alicyclic amines) is 1. The Bertz CT molecular complexity index is 1010. The second kappa shape index (κ2) is 7.27. The molecule has 3 aromatic heterocycles. The summed E-state index contributed by atoms with van der Waals surface area (Å²) in [6.07, 6.45) is 4.83. The zero-order valence-corrected chi connectivity index (χ0v) is 14.8. The zero-order valence-electron chi connectivity index (χ0n) is 14.8. The third-order valence-electron chi connectivity index (χ3n) is 4.61. The normalized spacial score (nSPS) is 17.5. The maximum absolute atomic E-state index is 12.9. The highest BCUT2D eigenvalue weighted by Gasteiger charge is 2.30. The zero-order chi connectivity index (χ0) is 18.8. The fourth-order valence-corrected chi connectivity index (χ4v) is 3.21. The molecule has 0 aliphatic carbocycles. The van der Waals surface area contributed by atoms with E-state index in [1.807, 2.05) is 0 Å². The van der Waals surface area contributed by atoms with Crippen LogP contribution in [0.2, 0.25) is 0 Å². The van der Waals surface area contributed by atoms with Gasteiger partial charge in [-0.05, 0) is 12.8 Å². The Balaban J connectivity index is 1.52. The van der Waals surface area contributed by atoms with Crippen LogP contribution in [0.15, 0.2) is 21.8 Å². The van der Waals surface area contributed by atoms with Gasteiger partial charge in [0.05, 0.1) is 12.5 Å². The Morgan fingerprint density at radius 1 is 1.44 bits per heavy atom. The molecule has 4 heterocycles. The molecule has 0 unspecified atom stereocenters. The van der Waals surface area contributed by atoms with Gasteiger partial charge in [0.15, 0.2) is 5.82 Å². The molecule has 0 spiro atoms. The van der Waals surface area contributed by atoms with Crippen LogP contribution in [0.25, 0.3) is 5.78 Å². The minimum absolute atomic E-state index is 0.00344. The number of methoxy groups -OCH3 is 1. The van der Waals surface area contributed by atoms with E-state index in [2.05, 4.69) is 25.2 Å². The number of H-pyrrole nitrogens is 1. The van der Waals surface area contributed by atoms with Crippen LogP contribution in [0.5, 0.6) is 0 Å². The molecule has 0 saturated carbocycles. The number of carbonyl (C=O) groups is 1. The van der Waals surface area contributed by atoms with Gasteiger partial charge in [0.1, 0.15) is 11.9 Å². The predicted octanol–water partition coefficient (Wildman–Crippen LogP) is 0.00930. The lowest BCUT2D eigenvalue weighted by molar-refractivity contribution is 0.0693. The molecule has 1 aliphatic rings. The Kier molecular flexibility index (Phi) is 4.67. The van der Waals surface area contributed by atoms with Gasteiger partial charge in [-0.1, -0.05) is 5.16 Å². The summed E-state index contributed by atoms with van der Waals surface area (Å²) in [6.45, 7) is 1.49. The molecule has 27 heavy (non-hydrogen) atoms. The van der Waals surface area contributed by atoms with E-state index >= 15 is 0 Å². The largest absolute Gasteiger partial charge is 0.384 e. The van der Waals surface area contributed by atoms with Crippen LogP contribution in [0, 0.1) is 0 Å². The Morgan fingerprint density at radius 3 is 3.19 bits per heavy atom. The van der Waals surface area contributed by atoms with Crippen molar-refractivity contribution in [2.24, 2.45) is 0 Å². The van der Waals surface area contributed by atoms with E-state index in [0.29, 0.717) is 37.8 Å². The number of fused-ring (bicyclic) bond motifs is 1. The van der Waals surface area contributed by atoms with E-state index in [1.165, 1.54) is 12.5 Å². The van der Waals surface area contributed by atoms with E-state index in [4.69, 9.17) is 9.26 Å². The highest BCUT2D eigenvalue weighted by atomic mass is 16.5. The molecular formula is C16H19N7O4. The summed E-state index contributed by atoms with van der Waals surface area (Å²) in [7, 11) is 1.61. The van der Waals surface area contributed by atoms with Crippen molar-refractivity contribution in [2.75, 3.05) is 26.8 Å². The van der Waals surface area contributed by atoms with Gasteiger partial charge in [-0.2, -0.15) is 9.50 Å². The second-order valence-electron chi connectivity index (χ2n) is 6.38. The van der Waals surface area contributed by atoms with E-state index in [1.54, 1.807) is 12.0 Å². The average Bonchev–Trinajstić information content (AvgIpc) is 3.36. The number of nitrogens with one attached hydrogen (secondary N) is 1. The fourth-order valence-electron chi connectivity index (χ4n) is 3.21. The first-order valence-corrected chi connectivity index (χ1v) is 8.69. The topological polar surface area (TPSA) is 132 Å². The van der Waals surface area contributed by atoms with Crippen LogP contribution >= 0.6 is 0 Å². The molecule has 1 aliphatic heterocycles. The number of carbonyl (C=O) groups excluding carboxylic acids is 1. The molecule has 1 saturated heterocycles. The molecule has 1 fully saturated rings. The molecule has 0 bridgehead atoms. The summed E-state index contributed by atoms with van der Waals surface area (Å²) >= 11 is 0. The maximum atomic E-state index is 12.9. The SMILES string of the molecule is COCCc1noc([C@H]2CCCN(C(=O)c3cnc4nc[nH]n4c3=O)C2)n1. The van der Waals surface area contributed by atoms with Crippen LogP contribution in [0.1, 0.15) is 40.8 Å². The first-order chi connectivity index (χ1) is 13.2. The van der Waals surface area contributed by atoms with Crippen LogP contribution < -0.4 is 5.56 Å². The Hall–Kier alpha value is -3.08. The molecular weight excluding hydrogens is 354 g/mol. The first kappa shape index (κ1) is 17.3. The van der Waals surface area contributed by atoms with Gasteiger partial charge in [0.25, 0.3) is 17.2 Å². The number of rotatable bonds is 5. The lowest BCUT2D eigenvalue weighted by Gasteiger charge is -2.30. The van der Waals surface area contributed by atoms with Gasteiger partial charge < -0.3 is 14.2 Å². The summed E-state index contributed by atoms with van der Waals surface area (Å²) in [5, 5.41) is 6.61. The van der Waals surface area contributed by atoms with Crippen molar-refractivity contribution < 1.29 is 14.1 Å². The number of aromatic nitrogens is 6. The van der Waals surface area contributed by atoms with Crippen LogP contribution in [-0.4, -0.2) is 67.3 Å². The first-order valence-electron chi connectivity index (χ1n) is 8.69. The van der Waals surface area contributed by atoms with E-state index in [9.17, 15) is 9.59 Å². The highest BCUT2D eigenvalue weighted by Crippen LogP contribution is 2.26. The van der Waals surface area contributed by atoms with Gasteiger partial charge >= 0.3 is 0 Å². The summed E-state index contributed by atoms with van der Waals surface area (Å²) in [6, 6.07) is 0. The van der Waals surface area contributed by atoms with Crippen molar-refractivity contribution in [3.63, 3.8) is 0 Å². The molecule has 4 rings (SSSR count). The van der Waals surface area contributed by atoms with Gasteiger partial charge in [0.2, 0.25) is 5.89 Å². The molecule has 11 heteroatoms. The number of piperidine rings is 1. The van der Waals surface area contributed by atoms with Crippen molar-refractivity contribution in [3.05, 3.63) is 40.2 Å². The van der Waals surface area contributed by atoms with Crippen molar-refractivity contribution >= 4 is 11.7 Å². The van der Waals surface area contributed by atoms with Gasteiger partial charge in [-0.15, -0.1) is 0 Å². The third-order valence-corrected chi connectivity index (χ3v) is 4.61. The molecule has 3 aromatic rings. The molecule has 1 atom stereocenters. The summed E-state index contributed by atoms with van der Waals surface area (Å²) in [4.78, 5) is 39.3. The van der Waals surface area contributed by atoms with Crippen LogP contribution in [0.4, 0.5) is 0 Å². The van der Waals surface area contributed by atoms with Crippen LogP contribution in [-0.2, 0) is 11.2 Å². The molecule has 1 amide bonds. The summed E-state index contributed by atoms with van der Waals surface area (Å²) < 4.78 is 11.5. The van der Waals surface area contributed by atoms with E-state index in [-0.39, 0.29) is 23.2 Å². The number of amides is 1. The summed E-state index contributed by atoms with van der Waals surface area (Å²) in [5.41, 5.74) is -0.465. The fraction of sp³-hybridized carbons (Fsp3) is 0.500. The number of aromatic amines is 1. The highest BCUT2D eigenvalue weighted by molar-refractivity contribution is 5.93. The van der Waals surface area contributed by atoms with Crippen molar-refractivity contribution in [1.29, 1.82) is 0 Å². The number of nitrogens with zero attached hydrogens (tertiary/aromatic N) is 6. The lowest BCUT2D eigenvalue weighted by atomic mass is 9.97. The second-order valence-corrected chi connectivity index (χ2v) is 6.38. The number of hydrogen-bond acceptors (Lipinski definition) is 8. The van der Waals surface area contributed by atoms with Gasteiger partial charge in [-0.3, -0.25) is 14.7 Å². The Morgan fingerprint density at radius 2 is 2.33 bits per heavy atom. The molecule has 1 N–H and O–H groups in total. The lowest BCUT2D eigenvalue weighted by Crippen LogP contribution is -2.41. The molecule has 142 valence electrons. The number of ether oxygens (including phenoxy) is 1. The minimum Gasteiger partial charge on any atom is -0.384 e. The van der Waals surface area contributed by atoms with Gasteiger partial charge in [0, 0.05) is 32.8 Å². The quantitative estimate of drug-likeness (QED) is 0.661. The smallest absolute Gasteiger partial charge is 0.286 e. The standard InChI is InChI=1S/C16H19N7O4/c1-26-6-4-12-20-13(27-21-12)10-3-2-5-22(8-10)14(24)11-7-17-16-18-9-19-23(16)15(11)25/h7,9-10H,2-6,8H2,1H3,(H,17,18,19)/t10-/m0/s1. The van der Waals surface area contributed by atoms with Crippen molar-refractivity contribution in [2.45, 2.75) is 25.2 Å². The number of hydrogen-bond donors (Lipinski definition) is 1. The Labute approximate surface area is 153 Å². The molecule has 0 radical (unpaired) electrons. The van der Waals surface area contributed by atoms with Crippen LogP contribution in [0.3, 0.4) is 0 Å². The van der Waals surface area contributed by atoms with E-state index in [0.717, 1.165) is 17.4 Å². The van der Waals surface area contributed by atoms with Crippen molar-refractivity contribution in [3.8, 4) is 0 Å². The van der Waals surface area contributed by atoms with E-state index < -0.39 is 5.56 Å². The van der Waals surface area contributed by atoms with Gasteiger partial charge in [-0.25, -0.2) is 9.97 Å². The molecule has 0 aromatic carbocycles.